The summed E-state index contributed by atoms with van der Waals surface area (Å²) >= 11 is 3.32. The average Bonchev–Trinajstić information content (AvgIpc) is 3.22. The van der Waals surface area contributed by atoms with Gasteiger partial charge in [-0.05, 0) is 36.8 Å². The van der Waals surface area contributed by atoms with Gasteiger partial charge >= 0.3 is 6.61 Å². The van der Waals surface area contributed by atoms with Crippen molar-refractivity contribution in [2.75, 3.05) is 11.9 Å². The number of anilines is 1. The van der Waals surface area contributed by atoms with Gasteiger partial charge in [0.05, 0.1) is 23.2 Å². The Kier molecular flexibility index (Phi) is 6.47. The maximum atomic E-state index is 12.1. The normalized spacial score (nSPS) is 12.8. The molecule has 3 heterocycles. The number of nitrogens with zero attached hydrogens (tertiary/aromatic N) is 2. The van der Waals surface area contributed by atoms with Crippen molar-refractivity contribution in [1.82, 2.24) is 10.2 Å². The van der Waals surface area contributed by atoms with E-state index >= 15 is 0 Å². The van der Waals surface area contributed by atoms with Crippen LogP contribution in [0.4, 0.5) is 14.5 Å². The summed E-state index contributed by atoms with van der Waals surface area (Å²) in [6.07, 6.45) is 2.71. The Labute approximate surface area is 158 Å². The maximum absolute atomic E-state index is 12.1. The number of rotatable bonds is 9. The van der Waals surface area contributed by atoms with E-state index in [1.54, 1.807) is 28.9 Å². The molecule has 0 unspecified atom stereocenters. The van der Waals surface area contributed by atoms with Crippen LogP contribution in [-0.2, 0) is 17.7 Å². The standard InChI is InChI=1S/C17H20F2N4OS2/c1-10-14(7-11(20)4-5-24-17(18)19)26-16-13(9-22-23-15(10)16)21-8-12-3-2-6-25-12/h2-3,6,9,11,17H,4-5,7-8,20H2,1H3,(H,21,23)/t11-/m0/s1. The van der Waals surface area contributed by atoms with E-state index in [4.69, 9.17) is 5.73 Å². The van der Waals surface area contributed by atoms with Crippen LogP contribution in [0.1, 0.15) is 21.7 Å². The number of alkyl halides is 2. The van der Waals surface area contributed by atoms with Gasteiger partial charge in [0.15, 0.2) is 0 Å². The second-order valence-electron chi connectivity index (χ2n) is 5.90. The topological polar surface area (TPSA) is 73.1 Å². The van der Waals surface area contributed by atoms with Crippen molar-refractivity contribution in [3.63, 3.8) is 0 Å². The molecule has 0 aliphatic heterocycles. The molecule has 140 valence electrons. The fraction of sp³-hybridized carbons (Fsp3) is 0.412. The third kappa shape index (κ3) is 4.73. The number of aryl methyl sites for hydroxylation is 1. The van der Waals surface area contributed by atoms with Gasteiger partial charge in [-0.2, -0.15) is 13.9 Å². The Bertz CT molecular complexity index is 839. The van der Waals surface area contributed by atoms with Crippen LogP contribution in [0.15, 0.2) is 23.7 Å². The first-order valence-corrected chi connectivity index (χ1v) is 9.89. The van der Waals surface area contributed by atoms with Crippen LogP contribution >= 0.6 is 22.7 Å². The van der Waals surface area contributed by atoms with Crippen molar-refractivity contribution < 1.29 is 13.5 Å². The molecular weight excluding hydrogens is 378 g/mol. The molecule has 0 amide bonds. The summed E-state index contributed by atoms with van der Waals surface area (Å²) in [7, 11) is 0. The van der Waals surface area contributed by atoms with E-state index in [2.05, 4.69) is 26.3 Å². The summed E-state index contributed by atoms with van der Waals surface area (Å²) in [6.45, 7) is -0.0693. The van der Waals surface area contributed by atoms with Crippen molar-refractivity contribution in [3.8, 4) is 0 Å². The monoisotopic (exact) mass is 398 g/mol. The van der Waals surface area contributed by atoms with Gasteiger partial charge in [-0.25, -0.2) is 0 Å². The van der Waals surface area contributed by atoms with E-state index in [-0.39, 0.29) is 12.6 Å². The van der Waals surface area contributed by atoms with Gasteiger partial charge in [0.2, 0.25) is 0 Å². The molecule has 0 bridgehead atoms. The lowest BCUT2D eigenvalue weighted by molar-refractivity contribution is -0.129. The minimum absolute atomic E-state index is 0.0454. The molecule has 0 fully saturated rings. The summed E-state index contributed by atoms with van der Waals surface area (Å²) in [6, 6.07) is 3.86. The molecule has 0 aliphatic rings. The average molecular weight is 399 g/mol. The second kappa shape index (κ2) is 8.81. The van der Waals surface area contributed by atoms with Gasteiger partial charge in [-0.15, -0.1) is 27.8 Å². The molecule has 0 spiro atoms. The van der Waals surface area contributed by atoms with E-state index in [9.17, 15) is 8.78 Å². The SMILES string of the molecule is Cc1c(C[C@@H](N)CCOC(F)F)sc2c(NCc3cccs3)cnnc12. The zero-order chi connectivity index (χ0) is 18.5. The number of ether oxygens (including phenoxy) is 1. The van der Waals surface area contributed by atoms with Crippen molar-refractivity contribution in [2.45, 2.75) is 39.0 Å². The fourth-order valence-corrected chi connectivity index (χ4v) is 4.58. The molecule has 3 aromatic rings. The van der Waals surface area contributed by atoms with Crippen LogP contribution in [0.2, 0.25) is 0 Å². The second-order valence-corrected chi connectivity index (χ2v) is 8.04. The number of hydrogen-bond donors (Lipinski definition) is 2. The van der Waals surface area contributed by atoms with E-state index in [1.165, 1.54) is 4.88 Å². The molecule has 9 heteroatoms. The lowest BCUT2D eigenvalue weighted by Crippen LogP contribution is -2.25. The lowest BCUT2D eigenvalue weighted by Gasteiger charge is -2.11. The molecule has 0 aliphatic carbocycles. The zero-order valence-electron chi connectivity index (χ0n) is 14.2. The smallest absolute Gasteiger partial charge is 0.345 e. The molecule has 0 saturated heterocycles. The first kappa shape index (κ1) is 19.1. The largest absolute Gasteiger partial charge is 0.378 e. The van der Waals surface area contributed by atoms with Crippen LogP contribution in [0, 0.1) is 6.92 Å². The van der Waals surface area contributed by atoms with Gasteiger partial charge in [-0.3, -0.25) is 0 Å². The molecular formula is C17H20F2N4OS2. The van der Waals surface area contributed by atoms with E-state index < -0.39 is 6.61 Å². The number of nitrogens with one attached hydrogen (secondary N) is 1. The molecule has 3 aromatic heterocycles. The van der Waals surface area contributed by atoms with E-state index in [1.807, 2.05) is 18.4 Å². The number of thiophene rings is 2. The van der Waals surface area contributed by atoms with Gasteiger partial charge in [0.1, 0.15) is 5.52 Å². The predicted octanol–water partition coefficient (Wildman–Crippen LogP) is 4.17. The Morgan fingerprint density at radius 3 is 2.96 bits per heavy atom. The molecule has 1 atom stereocenters. The van der Waals surface area contributed by atoms with Crippen LogP contribution in [0.3, 0.4) is 0 Å². The quantitative estimate of drug-likeness (QED) is 0.566. The number of fused-ring (bicyclic) bond motifs is 1. The molecule has 0 radical (unpaired) electrons. The van der Waals surface area contributed by atoms with Gasteiger partial charge in [0, 0.05) is 22.3 Å². The number of hydrogen-bond acceptors (Lipinski definition) is 7. The van der Waals surface area contributed by atoms with Gasteiger partial charge in [-0.1, -0.05) is 6.07 Å². The maximum Gasteiger partial charge on any atom is 0.345 e. The van der Waals surface area contributed by atoms with Crippen LogP contribution in [-0.4, -0.2) is 29.5 Å². The van der Waals surface area contributed by atoms with E-state index in [0.717, 1.165) is 32.9 Å². The fourth-order valence-electron chi connectivity index (χ4n) is 2.62. The Hall–Kier alpha value is -1.68. The van der Waals surface area contributed by atoms with Gasteiger partial charge in [0.25, 0.3) is 0 Å². The molecule has 26 heavy (non-hydrogen) atoms. The Morgan fingerprint density at radius 2 is 2.23 bits per heavy atom. The Balaban J connectivity index is 1.71. The highest BCUT2D eigenvalue weighted by molar-refractivity contribution is 7.19. The number of halogens is 2. The van der Waals surface area contributed by atoms with Crippen molar-refractivity contribution in [2.24, 2.45) is 5.73 Å². The molecule has 0 aromatic carbocycles. The minimum Gasteiger partial charge on any atom is -0.378 e. The minimum atomic E-state index is -2.75. The van der Waals surface area contributed by atoms with Gasteiger partial charge < -0.3 is 15.8 Å². The third-order valence-corrected chi connectivity index (χ3v) is 6.23. The highest BCUT2D eigenvalue weighted by Gasteiger charge is 2.16. The third-order valence-electron chi connectivity index (χ3n) is 4.02. The highest BCUT2D eigenvalue weighted by Crippen LogP contribution is 2.35. The molecule has 3 N–H and O–H groups in total. The highest BCUT2D eigenvalue weighted by atomic mass is 32.1. The number of aromatic nitrogens is 2. The summed E-state index contributed by atoms with van der Waals surface area (Å²) in [4.78, 5) is 2.34. The Morgan fingerprint density at radius 1 is 1.38 bits per heavy atom. The van der Waals surface area contributed by atoms with Crippen LogP contribution in [0.25, 0.3) is 10.2 Å². The zero-order valence-corrected chi connectivity index (χ0v) is 15.9. The number of nitrogens with two attached hydrogens (primary N) is 1. The van der Waals surface area contributed by atoms with Crippen molar-refractivity contribution in [3.05, 3.63) is 39.0 Å². The van der Waals surface area contributed by atoms with E-state index in [0.29, 0.717) is 12.8 Å². The molecule has 3 rings (SSSR count). The predicted molar refractivity (Wildman–Crippen MR) is 102 cm³/mol. The molecule has 0 saturated carbocycles. The summed E-state index contributed by atoms with van der Waals surface area (Å²) in [5.74, 6) is 0. The van der Waals surface area contributed by atoms with Crippen LogP contribution < -0.4 is 11.1 Å². The summed E-state index contributed by atoms with van der Waals surface area (Å²) < 4.78 is 29.4. The lowest BCUT2D eigenvalue weighted by atomic mass is 10.1. The molecule has 5 nitrogen and oxygen atoms in total. The first-order chi connectivity index (χ1) is 12.5. The van der Waals surface area contributed by atoms with Crippen molar-refractivity contribution in [1.29, 1.82) is 0 Å². The van der Waals surface area contributed by atoms with Crippen molar-refractivity contribution >= 4 is 38.6 Å². The first-order valence-electron chi connectivity index (χ1n) is 8.20. The van der Waals surface area contributed by atoms with Crippen LogP contribution in [0.5, 0.6) is 0 Å². The summed E-state index contributed by atoms with van der Waals surface area (Å²) in [5.41, 5.74) is 8.92. The summed E-state index contributed by atoms with van der Waals surface area (Å²) in [5, 5.41) is 13.8.